The van der Waals surface area contributed by atoms with Crippen molar-refractivity contribution in [3.63, 3.8) is 0 Å². The number of hydrogen-bond donors (Lipinski definition) is 2. The standard InChI is InChI=1S/C5H4N4O2/c10-5(11)3-1-7-9-2-6-8-4(3)9/h1-2,7H,(H,10,11). The molecule has 2 N–H and O–H groups in total. The van der Waals surface area contributed by atoms with Gasteiger partial charge in [0.15, 0.2) is 5.65 Å². The summed E-state index contributed by atoms with van der Waals surface area (Å²) >= 11 is 0. The van der Waals surface area contributed by atoms with Gasteiger partial charge in [-0.15, -0.1) is 10.2 Å². The molecule has 0 aliphatic heterocycles. The number of carboxylic acid groups (broad SMARTS) is 1. The molecule has 0 aromatic carbocycles. The summed E-state index contributed by atoms with van der Waals surface area (Å²) in [7, 11) is 0. The molecule has 2 rings (SSSR count). The van der Waals surface area contributed by atoms with Gasteiger partial charge in [0.05, 0.1) is 0 Å². The Hall–Kier alpha value is -1.85. The van der Waals surface area contributed by atoms with Gasteiger partial charge in [-0.05, 0) is 0 Å². The van der Waals surface area contributed by atoms with E-state index in [0.29, 0.717) is 5.65 Å². The molecule has 2 aromatic rings. The Bertz CT molecular complexity index is 401. The Morgan fingerprint density at radius 2 is 2.55 bits per heavy atom. The van der Waals surface area contributed by atoms with Crippen LogP contribution in [0.15, 0.2) is 12.5 Å². The molecule has 11 heavy (non-hydrogen) atoms. The largest absolute Gasteiger partial charge is 0.477 e. The maximum Gasteiger partial charge on any atom is 0.341 e. The number of aromatic nitrogens is 4. The van der Waals surface area contributed by atoms with Crippen LogP contribution in [0.1, 0.15) is 10.4 Å². The summed E-state index contributed by atoms with van der Waals surface area (Å²) in [5.41, 5.74) is 0.458. The number of rotatable bonds is 1. The van der Waals surface area contributed by atoms with Crippen molar-refractivity contribution in [2.75, 3.05) is 0 Å². The first-order valence-corrected chi connectivity index (χ1v) is 2.89. The number of nitrogens with zero attached hydrogens (tertiary/aromatic N) is 3. The van der Waals surface area contributed by atoms with E-state index in [-0.39, 0.29) is 5.56 Å². The molecule has 0 saturated heterocycles. The second kappa shape index (κ2) is 1.82. The van der Waals surface area contributed by atoms with Crippen molar-refractivity contribution < 1.29 is 9.90 Å². The molecule has 0 amide bonds. The molecule has 56 valence electrons. The second-order valence-electron chi connectivity index (χ2n) is 2.02. The van der Waals surface area contributed by atoms with Crippen LogP contribution in [0.4, 0.5) is 0 Å². The first-order valence-electron chi connectivity index (χ1n) is 2.89. The maximum absolute atomic E-state index is 10.5. The summed E-state index contributed by atoms with van der Waals surface area (Å²) in [6.45, 7) is 0. The first-order chi connectivity index (χ1) is 5.29. The fourth-order valence-corrected chi connectivity index (χ4v) is 0.869. The number of carbonyl (C=O) groups is 1. The van der Waals surface area contributed by atoms with Gasteiger partial charge >= 0.3 is 5.97 Å². The Kier molecular flexibility index (Phi) is 0.974. The Morgan fingerprint density at radius 3 is 3.27 bits per heavy atom. The average Bonchev–Trinajstić information content (AvgIpc) is 2.41. The van der Waals surface area contributed by atoms with Gasteiger partial charge in [0.2, 0.25) is 0 Å². The van der Waals surface area contributed by atoms with Crippen LogP contribution < -0.4 is 0 Å². The summed E-state index contributed by atoms with van der Waals surface area (Å²) in [5.74, 6) is -1.01. The number of hydrogen-bond acceptors (Lipinski definition) is 3. The number of H-pyrrole nitrogens is 1. The van der Waals surface area contributed by atoms with Gasteiger partial charge in [-0.25, -0.2) is 9.31 Å². The lowest BCUT2D eigenvalue weighted by molar-refractivity contribution is 0.0699. The smallest absolute Gasteiger partial charge is 0.341 e. The lowest BCUT2D eigenvalue weighted by Gasteiger charge is -1.81. The quantitative estimate of drug-likeness (QED) is 0.590. The van der Waals surface area contributed by atoms with Crippen molar-refractivity contribution in [3.8, 4) is 0 Å². The molecule has 0 bridgehead atoms. The summed E-state index contributed by atoms with van der Waals surface area (Å²) in [6, 6.07) is 0. The average molecular weight is 152 g/mol. The summed E-state index contributed by atoms with van der Waals surface area (Å²) in [6.07, 6.45) is 2.77. The number of fused-ring (bicyclic) bond motifs is 1. The van der Waals surface area contributed by atoms with Crippen molar-refractivity contribution in [2.24, 2.45) is 0 Å². The Balaban J connectivity index is 2.78. The predicted octanol–water partition coefficient (Wildman–Crippen LogP) is -0.244. The Morgan fingerprint density at radius 1 is 1.73 bits per heavy atom. The summed E-state index contributed by atoms with van der Waals surface area (Å²) < 4.78 is 1.43. The number of aromatic carboxylic acids is 1. The third kappa shape index (κ3) is 0.689. The molecule has 2 aromatic heterocycles. The molecule has 0 aliphatic rings. The molecule has 0 saturated carbocycles. The fourth-order valence-electron chi connectivity index (χ4n) is 0.869. The number of aromatic amines is 1. The molecular weight excluding hydrogens is 148 g/mol. The van der Waals surface area contributed by atoms with Gasteiger partial charge in [0.25, 0.3) is 0 Å². The second-order valence-corrected chi connectivity index (χ2v) is 2.02. The van der Waals surface area contributed by atoms with Crippen LogP contribution in [-0.2, 0) is 0 Å². The van der Waals surface area contributed by atoms with Crippen molar-refractivity contribution in [1.29, 1.82) is 0 Å². The molecule has 0 fully saturated rings. The van der Waals surface area contributed by atoms with E-state index in [1.807, 2.05) is 0 Å². The van der Waals surface area contributed by atoms with E-state index < -0.39 is 5.97 Å². The molecule has 2 heterocycles. The van der Waals surface area contributed by atoms with Gasteiger partial charge in [0, 0.05) is 6.20 Å². The van der Waals surface area contributed by atoms with Crippen LogP contribution >= 0.6 is 0 Å². The zero-order chi connectivity index (χ0) is 7.84. The lowest BCUT2D eigenvalue weighted by atomic mass is 10.3. The molecule has 0 aliphatic carbocycles. The first kappa shape index (κ1) is 5.90. The van der Waals surface area contributed by atoms with E-state index in [0.717, 1.165) is 0 Å². The normalized spacial score (nSPS) is 10.5. The van der Waals surface area contributed by atoms with Gasteiger partial charge in [-0.3, -0.25) is 5.10 Å². The SMILES string of the molecule is O=C(O)c1c[nH]n2cnnc12. The van der Waals surface area contributed by atoms with Crippen LogP contribution in [-0.4, -0.2) is 30.9 Å². The van der Waals surface area contributed by atoms with Crippen LogP contribution in [0.25, 0.3) is 5.65 Å². The molecule has 0 atom stereocenters. The van der Waals surface area contributed by atoms with Crippen molar-refractivity contribution >= 4 is 11.6 Å². The third-order valence-corrected chi connectivity index (χ3v) is 1.37. The fraction of sp³-hybridized carbons (Fsp3) is 0. The van der Waals surface area contributed by atoms with Crippen molar-refractivity contribution in [1.82, 2.24) is 19.8 Å². The van der Waals surface area contributed by atoms with Crippen LogP contribution in [0, 0.1) is 0 Å². The van der Waals surface area contributed by atoms with Crippen molar-refractivity contribution in [2.45, 2.75) is 0 Å². The van der Waals surface area contributed by atoms with Crippen LogP contribution in [0.3, 0.4) is 0 Å². The van der Waals surface area contributed by atoms with Crippen LogP contribution in [0.2, 0.25) is 0 Å². The topological polar surface area (TPSA) is 83.3 Å². The van der Waals surface area contributed by atoms with Gasteiger partial charge in [0.1, 0.15) is 11.9 Å². The molecule has 0 radical (unpaired) electrons. The number of nitrogens with one attached hydrogen (secondary N) is 1. The van der Waals surface area contributed by atoms with Gasteiger partial charge in [-0.2, -0.15) is 0 Å². The minimum Gasteiger partial charge on any atom is -0.477 e. The summed E-state index contributed by atoms with van der Waals surface area (Å²) in [5, 5.41) is 18.4. The Labute approximate surface area is 60.5 Å². The monoisotopic (exact) mass is 152 g/mol. The molecule has 0 spiro atoms. The van der Waals surface area contributed by atoms with E-state index >= 15 is 0 Å². The molecule has 6 nitrogen and oxygen atoms in total. The lowest BCUT2D eigenvalue weighted by Crippen LogP contribution is -1.94. The third-order valence-electron chi connectivity index (χ3n) is 1.37. The summed E-state index contributed by atoms with van der Waals surface area (Å²) in [4.78, 5) is 10.5. The zero-order valence-corrected chi connectivity index (χ0v) is 5.35. The highest BCUT2D eigenvalue weighted by molar-refractivity contribution is 5.93. The highest BCUT2D eigenvalue weighted by Gasteiger charge is 2.11. The minimum atomic E-state index is -1.01. The van der Waals surface area contributed by atoms with Crippen LogP contribution in [0.5, 0.6) is 0 Å². The van der Waals surface area contributed by atoms with Gasteiger partial charge < -0.3 is 5.11 Å². The minimum absolute atomic E-state index is 0.127. The van der Waals surface area contributed by atoms with E-state index in [1.54, 1.807) is 0 Å². The highest BCUT2D eigenvalue weighted by atomic mass is 16.4. The molecular formula is C5H4N4O2. The van der Waals surface area contributed by atoms with Crippen molar-refractivity contribution in [3.05, 3.63) is 18.1 Å². The molecule has 6 heteroatoms. The predicted molar refractivity (Wildman–Crippen MR) is 34.3 cm³/mol. The van der Waals surface area contributed by atoms with Gasteiger partial charge in [-0.1, -0.05) is 0 Å². The van der Waals surface area contributed by atoms with E-state index in [4.69, 9.17) is 5.11 Å². The number of carboxylic acids is 1. The van der Waals surface area contributed by atoms with E-state index in [9.17, 15) is 4.79 Å². The van der Waals surface area contributed by atoms with E-state index in [1.165, 1.54) is 17.0 Å². The molecule has 0 unspecified atom stereocenters. The zero-order valence-electron chi connectivity index (χ0n) is 5.35. The highest BCUT2D eigenvalue weighted by Crippen LogP contribution is 2.04. The maximum atomic E-state index is 10.5. The van der Waals surface area contributed by atoms with E-state index in [2.05, 4.69) is 15.3 Å².